The third kappa shape index (κ3) is 1.99. The summed E-state index contributed by atoms with van der Waals surface area (Å²) in [6.07, 6.45) is 0. The van der Waals surface area contributed by atoms with Gasteiger partial charge in [-0.25, -0.2) is 4.79 Å². The molecule has 3 rings (SSSR count). The van der Waals surface area contributed by atoms with Crippen LogP contribution in [0.25, 0.3) is 22.3 Å². The van der Waals surface area contributed by atoms with Crippen LogP contribution in [0.3, 0.4) is 0 Å². The molecule has 0 saturated carbocycles. The highest BCUT2D eigenvalue weighted by molar-refractivity contribution is 5.91. The van der Waals surface area contributed by atoms with E-state index >= 15 is 0 Å². The van der Waals surface area contributed by atoms with Gasteiger partial charge in [0.05, 0.1) is 5.56 Å². The van der Waals surface area contributed by atoms with Crippen LogP contribution >= 0.6 is 0 Å². The first-order chi connectivity index (χ1) is 9.15. The van der Waals surface area contributed by atoms with E-state index in [1.165, 1.54) is 0 Å². The molecule has 0 unspecified atom stereocenters. The fraction of sp³-hybridized carbons (Fsp3) is 0.0625. The Morgan fingerprint density at radius 2 is 1.89 bits per heavy atom. The van der Waals surface area contributed by atoms with E-state index in [9.17, 15) is 4.79 Å². The fourth-order valence-electron chi connectivity index (χ4n) is 2.13. The van der Waals surface area contributed by atoms with Crippen molar-refractivity contribution in [2.75, 3.05) is 0 Å². The maximum atomic E-state index is 11.1. The van der Waals surface area contributed by atoms with Gasteiger partial charge in [-0.15, -0.1) is 0 Å². The van der Waals surface area contributed by atoms with Crippen LogP contribution in [0.2, 0.25) is 0 Å². The Labute approximate surface area is 110 Å². The molecule has 0 saturated heterocycles. The normalized spacial score (nSPS) is 10.8. The van der Waals surface area contributed by atoms with Gasteiger partial charge in [-0.2, -0.15) is 0 Å². The number of rotatable bonds is 2. The zero-order valence-electron chi connectivity index (χ0n) is 10.4. The van der Waals surface area contributed by atoms with E-state index in [-0.39, 0.29) is 0 Å². The third-order valence-corrected chi connectivity index (χ3v) is 3.18. The molecule has 0 aliphatic heterocycles. The van der Waals surface area contributed by atoms with Crippen LogP contribution in [0, 0.1) is 6.92 Å². The molecule has 1 N–H and O–H groups in total. The highest BCUT2D eigenvalue weighted by atomic mass is 16.4. The van der Waals surface area contributed by atoms with Crippen molar-refractivity contribution in [1.82, 2.24) is 0 Å². The molecule has 0 atom stereocenters. The molecule has 0 aliphatic rings. The quantitative estimate of drug-likeness (QED) is 0.746. The SMILES string of the molecule is Cc1ccc(-c2cc3ccccc3o2)cc1C(=O)O. The van der Waals surface area contributed by atoms with Crippen molar-refractivity contribution in [3.63, 3.8) is 0 Å². The number of hydrogen-bond acceptors (Lipinski definition) is 2. The van der Waals surface area contributed by atoms with Crippen LogP contribution in [0.5, 0.6) is 0 Å². The molecule has 0 aliphatic carbocycles. The van der Waals surface area contributed by atoms with Crippen molar-refractivity contribution in [3.05, 3.63) is 59.7 Å². The topological polar surface area (TPSA) is 50.4 Å². The van der Waals surface area contributed by atoms with Crippen molar-refractivity contribution >= 4 is 16.9 Å². The molecule has 94 valence electrons. The van der Waals surface area contributed by atoms with Gasteiger partial charge in [0.15, 0.2) is 0 Å². The summed E-state index contributed by atoms with van der Waals surface area (Å²) in [7, 11) is 0. The highest BCUT2D eigenvalue weighted by Gasteiger charge is 2.11. The van der Waals surface area contributed by atoms with Crippen LogP contribution < -0.4 is 0 Å². The van der Waals surface area contributed by atoms with Gasteiger partial charge in [-0.3, -0.25) is 0 Å². The van der Waals surface area contributed by atoms with E-state index in [1.54, 1.807) is 19.1 Å². The van der Waals surface area contributed by atoms with Gasteiger partial charge in [0, 0.05) is 10.9 Å². The smallest absolute Gasteiger partial charge is 0.335 e. The second-order valence-corrected chi connectivity index (χ2v) is 4.48. The number of aryl methyl sites for hydroxylation is 1. The van der Waals surface area contributed by atoms with Crippen molar-refractivity contribution in [1.29, 1.82) is 0 Å². The summed E-state index contributed by atoms with van der Waals surface area (Å²) in [5.41, 5.74) is 2.62. The minimum Gasteiger partial charge on any atom is -0.478 e. The second kappa shape index (κ2) is 4.28. The summed E-state index contributed by atoms with van der Waals surface area (Å²) in [4.78, 5) is 11.1. The molecule has 0 spiro atoms. The minimum absolute atomic E-state index is 0.304. The predicted molar refractivity (Wildman–Crippen MR) is 73.3 cm³/mol. The van der Waals surface area contributed by atoms with E-state index in [4.69, 9.17) is 9.52 Å². The summed E-state index contributed by atoms with van der Waals surface area (Å²) in [5, 5.41) is 10.2. The number of aromatic carboxylic acids is 1. The van der Waals surface area contributed by atoms with Gasteiger partial charge in [-0.05, 0) is 30.7 Å². The Morgan fingerprint density at radius 1 is 1.11 bits per heavy atom. The minimum atomic E-state index is -0.921. The molecule has 19 heavy (non-hydrogen) atoms. The van der Waals surface area contributed by atoms with Crippen molar-refractivity contribution < 1.29 is 14.3 Å². The van der Waals surface area contributed by atoms with Crippen molar-refractivity contribution in [2.45, 2.75) is 6.92 Å². The molecule has 0 fully saturated rings. The Hall–Kier alpha value is -2.55. The molecule has 2 aromatic carbocycles. The first-order valence-electron chi connectivity index (χ1n) is 5.98. The van der Waals surface area contributed by atoms with Crippen LogP contribution in [-0.4, -0.2) is 11.1 Å². The largest absolute Gasteiger partial charge is 0.478 e. The van der Waals surface area contributed by atoms with Gasteiger partial charge in [0.2, 0.25) is 0 Å². The zero-order chi connectivity index (χ0) is 13.4. The lowest BCUT2D eigenvalue weighted by Gasteiger charge is -2.03. The van der Waals surface area contributed by atoms with Crippen molar-refractivity contribution in [2.24, 2.45) is 0 Å². The zero-order valence-corrected chi connectivity index (χ0v) is 10.4. The summed E-state index contributed by atoms with van der Waals surface area (Å²) in [6.45, 7) is 1.78. The van der Waals surface area contributed by atoms with Gasteiger partial charge < -0.3 is 9.52 Å². The number of carboxylic acid groups (broad SMARTS) is 1. The van der Waals surface area contributed by atoms with Gasteiger partial charge in [-0.1, -0.05) is 30.3 Å². The molecule has 3 aromatic rings. The predicted octanol–water partition coefficient (Wildman–Crippen LogP) is 4.11. The Bertz CT molecular complexity index is 736. The fourth-order valence-corrected chi connectivity index (χ4v) is 2.13. The summed E-state index contributed by atoms with van der Waals surface area (Å²) >= 11 is 0. The van der Waals surface area contributed by atoms with Gasteiger partial charge >= 0.3 is 5.97 Å². The lowest BCUT2D eigenvalue weighted by Crippen LogP contribution is -1.99. The van der Waals surface area contributed by atoms with Crippen molar-refractivity contribution in [3.8, 4) is 11.3 Å². The Kier molecular flexibility index (Phi) is 2.60. The number of benzene rings is 2. The average Bonchev–Trinajstić information content (AvgIpc) is 2.82. The number of para-hydroxylation sites is 1. The van der Waals surface area contributed by atoms with Gasteiger partial charge in [0.25, 0.3) is 0 Å². The number of fused-ring (bicyclic) bond motifs is 1. The van der Waals surface area contributed by atoms with Crippen LogP contribution in [0.1, 0.15) is 15.9 Å². The van der Waals surface area contributed by atoms with E-state index in [0.29, 0.717) is 11.3 Å². The summed E-state index contributed by atoms with van der Waals surface area (Å²) in [5.74, 6) is -0.237. The summed E-state index contributed by atoms with van der Waals surface area (Å²) in [6, 6.07) is 15.0. The Balaban J connectivity index is 2.16. The van der Waals surface area contributed by atoms with E-state index < -0.39 is 5.97 Å². The molecule has 1 aromatic heterocycles. The monoisotopic (exact) mass is 252 g/mol. The lowest BCUT2D eigenvalue weighted by atomic mass is 10.0. The number of carboxylic acids is 1. The molecule has 3 nitrogen and oxygen atoms in total. The van der Waals surface area contributed by atoms with E-state index in [2.05, 4.69) is 0 Å². The molecule has 1 heterocycles. The molecular weight excluding hydrogens is 240 g/mol. The number of carbonyl (C=O) groups is 1. The maximum Gasteiger partial charge on any atom is 0.335 e. The molecule has 0 radical (unpaired) electrons. The third-order valence-electron chi connectivity index (χ3n) is 3.18. The van der Waals surface area contributed by atoms with Crippen LogP contribution in [-0.2, 0) is 0 Å². The van der Waals surface area contributed by atoms with E-state index in [0.717, 1.165) is 22.1 Å². The average molecular weight is 252 g/mol. The maximum absolute atomic E-state index is 11.1. The Morgan fingerprint density at radius 3 is 2.63 bits per heavy atom. The molecule has 0 bridgehead atoms. The van der Waals surface area contributed by atoms with Crippen LogP contribution in [0.15, 0.2) is 52.9 Å². The lowest BCUT2D eigenvalue weighted by molar-refractivity contribution is 0.0696. The van der Waals surface area contributed by atoms with Gasteiger partial charge in [0.1, 0.15) is 11.3 Å². The van der Waals surface area contributed by atoms with E-state index in [1.807, 2.05) is 36.4 Å². The molecule has 0 amide bonds. The summed E-state index contributed by atoms with van der Waals surface area (Å²) < 4.78 is 5.74. The first kappa shape index (κ1) is 11.5. The van der Waals surface area contributed by atoms with Crippen LogP contribution in [0.4, 0.5) is 0 Å². The molecular formula is C16H12O3. The first-order valence-corrected chi connectivity index (χ1v) is 5.98. The molecule has 3 heteroatoms. The standard InChI is InChI=1S/C16H12O3/c1-10-6-7-12(8-13(10)16(17)18)15-9-11-4-2-3-5-14(11)19-15/h2-9H,1H3,(H,17,18). The second-order valence-electron chi connectivity index (χ2n) is 4.48. The number of hydrogen-bond donors (Lipinski definition) is 1. The highest BCUT2D eigenvalue weighted by Crippen LogP contribution is 2.28. The number of furan rings is 1.